The Morgan fingerprint density at radius 1 is 0.970 bits per heavy atom. The Hall–Kier alpha value is -2.63. The highest BCUT2D eigenvalue weighted by Gasteiger charge is 2.26. The van der Waals surface area contributed by atoms with Crippen LogP contribution in [0.4, 0.5) is 11.4 Å². The van der Waals surface area contributed by atoms with E-state index < -0.39 is 32.1 Å². The van der Waals surface area contributed by atoms with E-state index in [9.17, 15) is 21.6 Å². The molecular formula is C22H29N3O6S2. The third-order valence-electron chi connectivity index (χ3n) is 5.45. The highest BCUT2D eigenvalue weighted by atomic mass is 32.2. The normalized spacial score (nSPS) is 16.1. The van der Waals surface area contributed by atoms with Gasteiger partial charge in [-0.1, -0.05) is 6.42 Å². The van der Waals surface area contributed by atoms with Gasteiger partial charge in [0.1, 0.15) is 5.75 Å². The molecule has 11 heteroatoms. The van der Waals surface area contributed by atoms with Gasteiger partial charge in [0.15, 0.2) is 6.10 Å². The van der Waals surface area contributed by atoms with Crippen molar-refractivity contribution in [1.29, 1.82) is 0 Å². The van der Waals surface area contributed by atoms with Crippen LogP contribution in [0.1, 0.15) is 26.2 Å². The molecule has 1 aliphatic heterocycles. The van der Waals surface area contributed by atoms with Crippen molar-refractivity contribution in [3.05, 3.63) is 48.5 Å². The van der Waals surface area contributed by atoms with Crippen molar-refractivity contribution in [2.24, 2.45) is 0 Å². The number of amides is 1. The summed E-state index contributed by atoms with van der Waals surface area (Å²) in [5, 5.41) is 2.71. The number of anilines is 2. The molecular weight excluding hydrogens is 466 g/mol. The zero-order valence-electron chi connectivity index (χ0n) is 18.9. The minimum absolute atomic E-state index is 0.200. The van der Waals surface area contributed by atoms with Gasteiger partial charge in [-0.2, -0.15) is 4.31 Å². The van der Waals surface area contributed by atoms with Crippen LogP contribution in [0.25, 0.3) is 0 Å². The maximum atomic E-state index is 12.7. The van der Waals surface area contributed by atoms with Crippen LogP contribution in [0.3, 0.4) is 0 Å². The maximum absolute atomic E-state index is 12.7. The number of hydrogen-bond acceptors (Lipinski definition) is 6. The predicted molar refractivity (Wildman–Crippen MR) is 127 cm³/mol. The second kappa shape index (κ2) is 10.1. The molecule has 2 aromatic rings. The average molecular weight is 496 g/mol. The van der Waals surface area contributed by atoms with Crippen LogP contribution in [0.5, 0.6) is 5.75 Å². The number of benzene rings is 2. The number of nitrogens with zero attached hydrogens (tertiary/aromatic N) is 2. The molecule has 1 atom stereocenters. The van der Waals surface area contributed by atoms with Gasteiger partial charge in [0.05, 0.1) is 16.8 Å². The zero-order valence-corrected chi connectivity index (χ0v) is 20.5. The average Bonchev–Trinajstić information content (AvgIpc) is 2.79. The van der Waals surface area contributed by atoms with Gasteiger partial charge in [-0.3, -0.25) is 9.10 Å². The summed E-state index contributed by atoms with van der Waals surface area (Å²) >= 11 is 0. The molecule has 0 unspecified atom stereocenters. The summed E-state index contributed by atoms with van der Waals surface area (Å²) in [6, 6.07) is 12.4. The maximum Gasteiger partial charge on any atom is 0.265 e. The smallest absolute Gasteiger partial charge is 0.265 e. The van der Waals surface area contributed by atoms with E-state index in [2.05, 4.69) is 5.32 Å². The van der Waals surface area contributed by atoms with Crippen LogP contribution >= 0.6 is 0 Å². The van der Waals surface area contributed by atoms with Crippen LogP contribution in [0, 0.1) is 0 Å². The van der Waals surface area contributed by atoms with Crippen LogP contribution < -0.4 is 14.4 Å². The molecule has 180 valence electrons. The molecule has 0 aromatic heterocycles. The van der Waals surface area contributed by atoms with Crippen LogP contribution in [0.15, 0.2) is 53.4 Å². The first-order chi connectivity index (χ1) is 15.5. The van der Waals surface area contributed by atoms with E-state index in [0.29, 0.717) is 30.2 Å². The summed E-state index contributed by atoms with van der Waals surface area (Å²) in [4.78, 5) is 12.7. The molecule has 3 rings (SSSR count). The lowest BCUT2D eigenvalue weighted by Gasteiger charge is -2.25. The van der Waals surface area contributed by atoms with Gasteiger partial charge in [-0.05, 0) is 68.3 Å². The van der Waals surface area contributed by atoms with Crippen LogP contribution in [0.2, 0.25) is 0 Å². The molecule has 9 nitrogen and oxygen atoms in total. The fourth-order valence-corrected chi connectivity index (χ4v) is 5.41. The molecule has 0 bridgehead atoms. The lowest BCUT2D eigenvalue weighted by Crippen LogP contribution is -2.35. The molecule has 1 fully saturated rings. The van der Waals surface area contributed by atoms with Crippen molar-refractivity contribution < 1.29 is 26.4 Å². The number of nitrogens with one attached hydrogen (secondary N) is 1. The number of carbonyl (C=O) groups excluding carboxylic acids is 1. The highest BCUT2D eigenvalue weighted by Crippen LogP contribution is 2.23. The quantitative estimate of drug-likeness (QED) is 0.602. The third kappa shape index (κ3) is 6.24. The molecule has 0 aliphatic carbocycles. The molecule has 1 amide bonds. The molecule has 1 saturated heterocycles. The minimum Gasteiger partial charge on any atom is -0.481 e. The first kappa shape index (κ1) is 25.0. The summed E-state index contributed by atoms with van der Waals surface area (Å²) in [5.74, 6) is 0.00485. The Morgan fingerprint density at radius 3 is 2.09 bits per heavy atom. The van der Waals surface area contributed by atoms with Gasteiger partial charge in [0, 0.05) is 25.8 Å². The van der Waals surface area contributed by atoms with Gasteiger partial charge >= 0.3 is 0 Å². The Kier molecular flexibility index (Phi) is 7.65. The Labute approximate surface area is 195 Å². The fraction of sp³-hybridized carbons (Fsp3) is 0.409. The number of carbonyl (C=O) groups is 1. The van der Waals surface area contributed by atoms with E-state index in [1.807, 2.05) is 0 Å². The second-order valence-corrected chi connectivity index (χ2v) is 11.9. The minimum atomic E-state index is -3.53. The number of ether oxygens (including phenoxy) is 1. The van der Waals surface area contributed by atoms with Gasteiger partial charge in [-0.25, -0.2) is 16.8 Å². The van der Waals surface area contributed by atoms with Crippen molar-refractivity contribution in [3.63, 3.8) is 0 Å². The fourth-order valence-electron chi connectivity index (χ4n) is 3.39. The second-order valence-electron chi connectivity index (χ2n) is 7.96. The van der Waals surface area contributed by atoms with Gasteiger partial charge < -0.3 is 10.1 Å². The molecule has 1 N–H and O–H groups in total. The number of sulfonamides is 2. The summed E-state index contributed by atoms with van der Waals surface area (Å²) in [6.07, 6.45) is 3.05. The van der Waals surface area contributed by atoms with Gasteiger partial charge in [-0.15, -0.1) is 0 Å². The molecule has 1 aliphatic rings. The summed E-state index contributed by atoms with van der Waals surface area (Å²) in [7, 11) is -5.45. The Bertz CT molecular complexity index is 1170. The van der Waals surface area contributed by atoms with Crippen LogP contribution in [-0.2, 0) is 24.8 Å². The molecule has 33 heavy (non-hydrogen) atoms. The van der Waals surface area contributed by atoms with E-state index in [-0.39, 0.29) is 4.90 Å². The first-order valence-corrected chi connectivity index (χ1v) is 13.9. The largest absolute Gasteiger partial charge is 0.481 e. The van der Waals surface area contributed by atoms with Crippen molar-refractivity contribution in [3.8, 4) is 5.75 Å². The number of rotatable bonds is 8. The molecule has 1 heterocycles. The number of piperidine rings is 1. The zero-order chi connectivity index (χ0) is 24.2. The topological polar surface area (TPSA) is 113 Å². The molecule has 0 radical (unpaired) electrons. The first-order valence-electron chi connectivity index (χ1n) is 10.6. The monoisotopic (exact) mass is 495 g/mol. The van der Waals surface area contributed by atoms with E-state index in [4.69, 9.17) is 4.74 Å². The van der Waals surface area contributed by atoms with E-state index in [1.165, 1.54) is 23.5 Å². The molecule has 0 saturated carbocycles. The number of hydrogen-bond donors (Lipinski definition) is 1. The van der Waals surface area contributed by atoms with E-state index in [0.717, 1.165) is 29.8 Å². The van der Waals surface area contributed by atoms with Crippen molar-refractivity contribution in [1.82, 2.24) is 4.31 Å². The van der Waals surface area contributed by atoms with Gasteiger partial charge in [0.25, 0.3) is 5.91 Å². The molecule has 2 aromatic carbocycles. The van der Waals surface area contributed by atoms with E-state index >= 15 is 0 Å². The van der Waals surface area contributed by atoms with E-state index in [1.54, 1.807) is 43.3 Å². The lowest BCUT2D eigenvalue weighted by atomic mass is 10.2. The van der Waals surface area contributed by atoms with Crippen molar-refractivity contribution in [2.75, 3.05) is 36.0 Å². The summed E-state index contributed by atoms with van der Waals surface area (Å²) < 4.78 is 57.0. The highest BCUT2D eigenvalue weighted by molar-refractivity contribution is 7.92. The van der Waals surface area contributed by atoms with Gasteiger partial charge in [0.2, 0.25) is 20.0 Å². The summed E-state index contributed by atoms with van der Waals surface area (Å²) in [6.45, 7) is 2.64. The van der Waals surface area contributed by atoms with Crippen molar-refractivity contribution >= 4 is 37.3 Å². The standard InChI is InChI=1S/C22H29N3O6S2/c1-17(31-20-11-9-19(10-12-20)24(2)32(3,27)28)22(26)23-18-7-13-21(14-8-18)33(29,30)25-15-5-4-6-16-25/h7-14,17H,4-6,15-16H2,1-3H3,(H,23,26)/t17-/m1/s1. The van der Waals surface area contributed by atoms with Crippen LogP contribution in [-0.4, -0.2) is 59.5 Å². The lowest BCUT2D eigenvalue weighted by molar-refractivity contribution is -0.122. The molecule has 0 spiro atoms. The summed E-state index contributed by atoms with van der Waals surface area (Å²) in [5.41, 5.74) is 0.930. The third-order valence-corrected chi connectivity index (χ3v) is 8.57. The SMILES string of the molecule is C[C@@H](Oc1ccc(N(C)S(C)(=O)=O)cc1)C(=O)Nc1ccc(S(=O)(=O)N2CCCCC2)cc1. The van der Waals surface area contributed by atoms with Crippen molar-refractivity contribution in [2.45, 2.75) is 37.2 Å². The predicted octanol–water partition coefficient (Wildman–Crippen LogP) is 2.66. The Balaban J connectivity index is 1.59. The Morgan fingerprint density at radius 2 is 1.55 bits per heavy atom.